The first-order valence-corrected chi connectivity index (χ1v) is 7.03. The van der Waals surface area contributed by atoms with Crippen molar-refractivity contribution < 1.29 is 0 Å². The maximum Gasteiger partial charge on any atom is 0.150 e. The van der Waals surface area contributed by atoms with E-state index < -0.39 is 0 Å². The van der Waals surface area contributed by atoms with Gasteiger partial charge in [-0.2, -0.15) is 0 Å². The van der Waals surface area contributed by atoms with E-state index >= 15 is 0 Å². The van der Waals surface area contributed by atoms with Crippen molar-refractivity contribution in [3.8, 4) is 10.7 Å². The van der Waals surface area contributed by atoms with Gasteiger partial charge >= 0.3 is 0 Å². The van der Waals surface area contributed by atoms with Crippen molar-refractivity contribution in [2.45, 2.75) is 13.5 Å². The summed E-state index contributed by atoms with van der Waals surface area (Å²) in [5, 5.41) is 2.51. The fourth-order valence-electron chi connectivity index (χ4n) is 1.88. The summed E-state index contributed by atoms with van der Waals surface area (Å²) in [6, 6.07) is 5.81. The third-order valence-corrected chi connectivity index (χ3v) is 3.70. The Bertz CT molecular complexity index is 670. The minimum absolute atomic E-state index is 0.472. The molecular weight excluding hydrogens is 280 g/mol. The van der Waals surface area contributed by atoms with Crippen LogP contribution in [0, 0.1) is 6.92 Å². The fraction of sp³-hybridized carbons (Fsp3) is 0.154. The van der Waals surface area contributed by atoms with Crippen LogP contribution in [0.3, 0.4) is 0 Å². The van der Waals surface area contributed by atoms with E-state index in [1.165, 1.54) is 0 Å². The Morgan fingerprint density at radius 3 is 3.00 bits per heavy atom. The average Bonchev–Trinajstić information content (AvgIpc) is 2.96. The molecule has 0 radical (unpaired) electrons. The molecular formula is C13H11ClN4S. The minimum atomic E-state index is 0.472. The molecule has 0 aliphatic rings. The zero-order valence-electron chi connectivity index (χ0n) is 10.2. The van der Waals surface area contributed by atoms with E-state index in [-0.39, 0.29) is 0 Å². The van der Waals surface area contributed by atoms with Crippen LogP contribution in [0.5, 0.6) is 0 Å². The molecule has 0 aromatic carbocycles. The molecule has 0 aliphatic heterocycles. The predicted octanol–water partition coefficient (Wildman–Crippen LogP) is 3.41. The molecule has 0 atom stereocenters. The first kappa shape index (κ1) is 12.3. The summed E-state index contributed by atoms with van der Waals surface area (Å²) in [6.07, 6.45) is 3.71. The van der Waals surface area contributed by atoms with Gasteiger partial charge in [0.15, 0.2) is 0 Å². The van der Waals surface area contributed by atoms with Crippen LogP contribution in [-0.2, 0) is 6.54 Å². The highest BCUT2D eigenvalue weighted by atomic mass is 35.5. The second kappa shape index (κ2) is 5.11. The van der Waals surface area contributed by atoms with Gasteiger partial charge in [-0.15, -0.1) is 11.3 Å². The predicted molar refractivity (Wildman–Crippen MR) is 76.4 cm³/mol. The Labute approximate surface area is 119 Å². The van der Waals surface area contributed by atoms with Crippen molar-refractivity contribution in [2.75, 3.05) is 0 Å². The quantitative estimate of drug-likeness (QED) is 0.694. The SMILES string of the molecule is Cc1cc(Cl)nc(Cn2ccnc2-c2cccs2)n1. The van der Waals surface area contributed by atoms with Gasteiger partial charge in [-0.1, -0.05) is 17.7 Å². The zero-order chi connectivity index (χ0) is 13.2. The summed E-state index contributed by atoms with van der Waals surface area (Å²) in [5.41, 5.74) is 0.868. The molecule has 3 heterocycles. The Morgan fingerprint density at radius 2 is 2.26 bits per heavy atom. The molecule has 3 aromatic heterocycles. The average molecular weight is 291 g/mol. The molecule has 3 aromatic rings. The molecule has 96 valence electrons. The van der Waals surface area contributed by atoms with Crippen LogP contribution < -0.4 is 0 Å². The normalized spacial score (nSPS) is 10.8. The molecule has 0 N–H and O–H groups in total. The van der Waals surface area contributed by atoms with Gasteiger partial charge in [0.1, 0.15) is 16.8 Å². The van der Waals surface area contributed by atoms with Crippen molar-refractivity contribution in [1.29, 1.82) is 0 Å². The van der Waals surface area contributed by atoms with Crippen molar-refractivity contribution in [1.82, 2.24) is 19.5 Å². The number of halogens is 1. The van der Waals surface area contributed by atoms with Gasteiger partial charge in [0.05, 0.1) is 11.4 Å². The number of aromatic nitrogens is 4. The van der Waals surface area contributed by atoms with Crippen LogP contribution in [0.1, 0.15) is 11.5 Å². The monoisotopic (exact) mass is 290 g/mol. The highest BCUT2D eigenvalue weighted by Gasteiger charge is 2.09. The van der Waals surface area contributed by atoms with Gasteiger partial charge in [0.25, 0.3) is 0 Å². The summed E-state index contributed by atoms with van der Waals surface area (Å²) in [7, 11) is 0. The molecule has 0 aliphatic carbocycles. The van der Waals surface area contributed by atoms with E-state index in [9.17, 15) is 0 Å². The van der Waals surface area contributed by atoms with Crippen molar-refractivity contribution >= 4 is 22.9 Å². The van der Waals surface area contributed by atoms with Crippen molar-refractivity contribution in [2.24, 2.45) is 0 Å². The lowest BCUT2D eigenvalue weighted by atomic mass is 10.4. The van der Waals surface area contributed by atoms with Crippen LogP contribution in [0.25, 0.3) is 10.7 Å². The summed E-state index contributed by atoms with van der Waals surface area (Å²) in [6.45, 7) is 2.47. The molecule has 6 heteroatoms. The number of aryl methyl sites for hydroxylation is 1. The minimum Gasteiger partial charge on any atom is -0.323 e. The van der Waals surface area contributed by atoms with Gasteiger partial charge in [-0.05, 0) is 24.4 Å². The standard InChI is InChI=1S/C13H11ClN4S/c1-9-7-11(14)17-12(16-9)8-18-5-4-15-13(18)10-3-2-6-19-10/h2-7H,8H2,1H3. The molecule has 0 amide bonds. The van der Waals surface area contributed by atoms with Crippen LogP contribution in [-0.4, -0.2) is 19.5 Å². The lowest BCUT2D eigenvalue weighted by Crippen LogP contribution is -2.05. The molecule has 3 rings (SSSR count). The topological polar surface area (TPSA) is 43.6 Å². The van der Waals surface area contributed by atoms with Gasteiger partial charge in [-0.25, -0.2) is 15.0 Å². The van der Waals surface area contributed by atoms with Crippen molar-refractivity contribution in [3.05, 3.63) is 52.6 Å². The molecule has 19 heavy (non-hydrogen) atoms. The van der Waals surface area contributed by atoms with E-state index in [0.717, 1.165) is 16.4 Å². The van der Waals surface area contributed by atoms with E-state index in [4.69, 9.17) is 11.6 Å². The van der Waals surface area contributed by atoms with Crippen LogP contribution in [0.4, 0.5) is 0 Å². The Kier molecular flexibility index (Phi) is 3.31. The first-order chi connectivity index (χ1) is 9.22. The second-order valence-electron chi connectivity index (χ2n) is 4.10. The van der Waals surface area contributed by atoms with Gasteiger partial charge in [0, 0.05) is 18.1 Å². The Balaban J connectivity index is 1.94. The molecule has 0 unspecified atom stereocenters. The second-order valence-corrected chi connectivity index (χ2v) is 5.44. The number of rotatable bonds is 3. The maximum absolute atomic E-state index is 5.96. The number of nitrogens with zero attached hydrogens (tertiary/aromatic N) is 4. The van der Waals surface area contributed by atoms with Crippen LogP contribution >= 0.6 is 22.9 Å². The molecule has 0 bridgehead atoms. The Morgan fingerprint density at radius 1 is 1.37 bits per heavy atom. The fourth-order valence-corrected chi connectivity index (χ4v) is 2.87. The third-order valence-electron chi connectivity index (χ3n) is 2.64. The number of hydrogen-bond donors (Lipinski definition) is 0. The highest BCUT2D eigenvalue weighted by molar-refractivity contribution is 7.13. The summed E-state index contributed by atoms with van der Waals surface area (Å²) in [5.74, 6) is 1.62. The number of thiophene rings is 1. The largest absolute Gasteiger partial charge is 0.323 e. The van der Waals surface area contributed by atoms with Gasteiger partial charge in [0.2, 0.25) is 0 Å². The smallest absolute Gasteiger partial charge is 0.150 e. The molecule has 0 fully saturated rings. The van der Waals surface area contributed by atoms with Crippen molar-refractivity contribution in [3.63, 3.8) is 0 Å². The van der Waals surface area contributed by atoms with E-state index in [1.54, 1.807) is 23.6 Å². The van der Waals surface area contributed by atoms with E-state index in [2.05, 4.69) is 15.0 Å². The summed E-state index contributed by atoms with van der Waals surface area (Å²) in [4.78, 5) is 14.1. The lowest BCUT2D eigenvalue weighted by molar-refractivity contribution is 0.746. The van der Waals surface area contributed by atoms with Gasteiger partial charge < -0.3 is 4.57 Å². The van der Waals surface area contributed by atoms with Crippen LogP contribution in [0.15, 0.2) is 36.0 Å². The third kappa shape index (κ3) is 2.67. The summed E-state index contributed by atoms with van der Waals surface area (Å²) < 4.78 is 2.02. The molecule has 0 spiro atoms. The Hall–Kier alpha value is -1.72. The molecule has 0 saturated carbocycles. The van der Waals surface area contributed by atoms with E-state index in [1.807, 2.05) is 35.2 Å². The highest BCUT2D eigenvalue weighted by Crippen LogP contribution is 2.23. The number of imidazole rings is 1. The molecule has 4 nitrogen and oxygen atoms in total. The molecule has 0 saturated heterocycles. The van der Waals surface area contributed by atoms with Gasteiger partial charge in [-0.3, -0.25) is 0 Å². The zero-order valence-corrected chi connectivity index (χ0v) is 11.8. The maximum atomic E-state index is 5.96. The number of hydrogen-bond acceptors (Lipinski definition) is 4. The summed E-state index contributed by atoms with van der Waals surface area (Å²) >= 11 is 7.62. The van der Waals surface area contributed by atoms with E-state index in [0.29, 0.717) is 17.5 Å². The first-order valence-electron chi connectivity index (χ1n) is 5.77. The van der Waals surface area contributed by atoms with Crippen LogP contribution in [0.2, 0.25) is 5.15 Å². The lowest BCUT2D eigenvalue weighted by Gasteiger charge is -2.06.